The van der Waals surface area contributed by atoms with E-state index in [1.54, 1.807) is 17.7 Å². The van der Waals surface area contributed by atoms with E-state index < -0.39 is 0 Å². The molecule has 0 bridgehead atoms. The summed E-state index contributed by atoms with van der Waals surface area (Å²) < 4.78 is 8.40. The van der Waals surface area contributed by atoms with Gasteiger partial charge in [0.15, 0.2) is 5.82 Å². The molecule has 19 heavy (non-hydrogen) atoms. The average Bonchev–Trinajstić information content (AvgIpc) is 3.07. The number of ether oxygens (including phenoxy) is 1. The maximum atomic E-state index is 5.37. The second-order valence-corrected chi connectivity index (χ2v) is 4.86. The van der Waals surface area contributed by atoms with E-state index >= 15 is 0 Å². The molecule has 2 aromatic heterocycles. The van der Waals surface area contributed by atoms with Crippen molar-refractivity contribution in [3.05, 3.63) is 30.0 Å². The van der Waals surface area contributed by atoms with Gasteiger partial charge in [-0.05, 0) is 19.1 Å². The zero-order valence-corrected chi connectivity index (χ0v) is 11.4. The van der Waals surface area contributed by atoms with E-state index in [0.717, 1.165) is 21.6 Å². The molecule has 0 amide bonds. The van der Waals surface area contributed by atoms with Crippen LogP contribution in [-0.4, -0.2) is 33.0 Å². The van der Waals surface area contributed by atoms with Gasteiger partial charge in [0.1, 0.15) is 6.33 Å². The summed E-state index contributed by atoms with van der Waals surface area (Å²) in [6.45, 7) is 4.05. The van der Waals surface area contributed by atoms with Crippen LogP contribution in [0, 0.1) is 0 Å². The number of aromatic nitrogens is 4. The van der Waals surface area contributed by atoms with Gasteiger partial charge < -0.3 is 4.74 Å². The van der Waals surface area contributed by atoms with Crippen molar-refractivity contribution in [3.8, 4) is 11.4 Å². The maximum Gasteiger partial charge on any atom is 0.159 e. The maximum absolute atomic E-state index is 5.37. The average molecular weight is 274 g/mol. The van der Waals surface area contributed by atoms with Crippen molar-refractivity contribution in [3.63, 3.8) is 0 Å². The molecule has 3 rings (SSSR count). The minimum atomic E-state index is 0.644. The Morgan fingerprint density at radius 2 is 2.26 bits per heavy atom. The Morgan fingerprint density at radius 1 is 1.32 bits per heavy atom. The highest BCUT2D eigenvalue weighted by molar-refractivity contribution is 7.17. The van der Waals surface area contributed by atoms with Crippen LogP contribution in [0.4, 0.5) is 0 Å². The second-order valence-electron chi connectivity index (χ2n) is 4.01. The van der Waals surface area contributed by atoms with E-state index in [2.05, 4.69) is 21.1 Å². The van der Waals surface area contributed by atoms with Crippen LogP contribution in [0.25, 0.3) is 21.6 Å². The van der Waals surface area contributed by atoms with Crippen LogP contribution in [0.2, 0.25) is 0 Å². The van der Waals surface area contributed by atoms with Gasteiger partial charge in [-0.25, -0.2) is 14.6 Å². The largest absolute Gasteiger partial charge is 0.380 e. The van der Waals surface area contributed by atoms with E-state index in [1.165, 1.54) is 0 Å². The molecule has 0 aliphatic heterocycles. The van der Waals surface area contributed by atoms with Crippen LogP contribution in [0.1, 0.15) is 6.92 Å². The zero-order chi connectivity index (χ0) is 13.1. The van der Waals surface area contributed by atoms with Crippen molar-refractivity contribution in [2.24, 2.45) is 0 Å². The van der Waals surface area contributed by atoms with Crippen LogP contribution in [0.15, 0.2) is 30.0 Å². The third-order valence-corrected chi connectivity index (χ3v) is 3.74. The molecule has 1 aromatic carbocycles. The smallest absolute Gasteiger partial charge is 0.159 e. The fraction of sp³-hybridized carbons (Fsp3) is 0.308. The molecule has 0 saturated heterocycles. The summed E-state index contributed by atoms with van der Waals surface area (Å²) in [5.74, 6) is 0.870. The van der Waals surface area contributed by atoms with Crippen molar-refractivity contribution in [2.75, 3.05) is 13.2 Å². The first-order valence-corrected chi connectivity index (χ1v) is 7.06. The van der Waals surface area contributed by atoms with E-state index in [9.17, 15) is 0 Å². The topological polar surface area (TPSA) is 52.8 Å². The van der Waals surface area contributed by atoms with E-state index in [4.69, 9.17) is 4.74 Å². The Hall–Kier alpha value is -1.79. The first-order valence-electron chi connectivity index (χ1n) is 6.18. The molecule has 0 fully saturated rings. The number of hydrogen-bond acceptors (Lipinski definition) is 5. The van der Waals surface area contributed by atoms with Crippen LogP contribution in [-0.2, 0) is 11.3 Å². The van der Waals surface area contributed by atoms with Crippen LogP contribution < -0.4 is 0 Å². The summed E-state index contributed by atoms with van der Waals surface area (Å²) in [7, 11) is 0. The van der Waals surface area contributed by atoms with Crippen LogP contribution in [0.5, 0.6) is 0 Å². The monoisotopic (exact) mass is 274 g/mol. The molecule has 0 radical (unpaired) electrons. The summed E-state index contributed by atoms with van der Waals surface area (Å²) in [5, 5.41) is 4.27. The van der Waals surface area contributed by atoms with Crippen molar-refractivity contribution >= 4 is 21.6 Å². The lowest BCUT2D eigenvalue weighted by atomic mass is 10.2. The summed E-state index contributed by atoms with van der Waals surface area (Å²) in [5.41, 5.74) is 3.94. The number of rotatable bonds is 5. The highest BCUT2D eigenvalue weighted by Gasteiger charge is 2.11. The minimum Gasteiger partial charge on any atom is -0.380 e. The molecule has 6 heteroatoms. The third-order valence-electron chi connectivity index (χ3n) is 2.86. The highest BCUT2D eigenvalue weighted by atomic mass is 32.1. The number of nitrogens with zero attached hydrogens (tertiary/aromatic N) is 4. The Labute approximate surface area is 114 Å². The van der Waals surface area contributed by atoms with Gasteiger partial charge in [0.2, 0.25) is 0 Å². The lowest BCUT2D eigenvalue weighted by Crippen LogP contribution is -2.08. The van der Waals surface area contributed by atoms with Crippen molar-refractivity contribution in [2.45, 2.75) is 13.5 Å². The van der Waals surface area contributed by atoms with Gasteiger partial charge in [0, 0.05) is 12.2 Å². The molecule has 0 saturated carbocycles. The van der Waals surface area contributed by atoms with Crippen LogP contribution in [0.3, 0.4) is 0 Å². The molecule has 0 spiro atoms. The predicted molar refractivity (Wildman–Crippen MR) is 75.1 cm³/mol. The van der Waals surface area contributed by atoms with E-state index in [-0.39, 0.29) is 0 Å². The first kappa shape index (κ1) is 12.3. The highest BCUT2D eigenvalue weighted by Crippen LogP contribution is 2.29. The first-order chi connectivity index (χ1) is 9.40. The summed E-state index contributed by atoms with van der Waals surface area (Å²) in [6, 6.07) is 6.07. The number of hydrogen-bond donors (Lipinski definition) is 0. The molecule has 0 atom stereocenters. The number of thiazole rings is 1. The second kappa shape index (κ2) is 5.46. The lowest BCUT2D eigenvalue weighted by Gasteiger charge is -2.06. The fourth-order valence-corrected chi connectivity index (χ4v) is 2.79. The van der Waals surface area contributed by atoms with Crippen molar-refractivity contribution in [1.29, 1.82) is 0 Å². The molecule has 0 aliphatic carbocycles. The molecule has 0 aliphatic rings. The SMILES string of the molecule is CCOCCn1ncnc1-c1cccc2ncsc12. The van der Waals surface area contributed by atoms with Gasteiger partial charge in [-0.2, -0.15) is 5.10 Å². The van der Waals surface area contributed by atoms with Gasteiger partial charge in [-0.3, -0.25) is 0 Å². The van der Waals surface area contributed by atoms with Gasteiger partial charge in [0.25, 0.3) is 0 Å². The quantitative estimate of drug-likeness (QED) is 0.671. The third kappa shape index (κ3) is 2.36. The molecular formula is C13H14N4OS. The fourth-order valence-electron chi connectivity index (χ4n) is 1.99. The van der Waals surface area contributed by atoms with Gasteiger partial charge in [-0.1, -0.05) is 6.07 Å². The van der Waals surface area contributed by atoms with E-state index in [1.807, 2.05) is 29.2 Å². The number of fused-ring (bicyclic) bond motifs is 1. The summed E-state index contributed by atoms with van der Waals surface area (Å²) in [4.78, 5) is 8.70. The Kier molecular flexibility index (Phi) is 3.52. The minimum absolute atomic E-state index is 0.644. The lowest BCUT2D eigenvalue weighted by molar-refractivity contribution is 0.136. The summed E-state index contributed by atoms with van der Waals surface area (Å²) >= 11 is 1.63. The zero-order valence-electron chi connectivity index (χ0n) is 10.6. The molecule has 3 aromatic rings. The molecule has 2 heterocycles. The Bertz CT molecular complexity index is 676. The molecule has 98 valence electrons. The predicted octanol–water partition coefficient (Wildman–Crippen LogP) is 2.59. The molecular weight excluding hydrogens is 260 g/mol. The van der Waals surface area contributed by atoms with Gasteiger partial charge in [-0.15, -0.1) is 11.3 Å². The Balaban J connectivity index is 1.98. The van der Waals surface area contributed by atoms with Gasteiger partial charge >= 0.3 is 0 Å². The normalized spacial score (nSPS) is 11.2. The van der Waals surface area contributed by atoms with Crippen molar-refractivity contribution in [1.82, 2.24) is 19.7 Å². The molecule has 5 nitrogen and oxygen atoms in total. The number of benzene rings is 1. The Morgan fingerprint density at radius 3 is 3.16 bits per heavy atom. The van der Waals surface area contributed by atoms with Gasteiger partial charge in [0.05, 0.1) is 28.9 Å². The van der Waals surface area contributed by atoms with Crippen molar-refractivity contribution < 1.29 is 4.74 Å². The summed E-state index contributed by atoms with van der Waals surface area (Å²) in [6.07, 6.45) is 1.58. The van der Waals surface area contributed by atoms with E-state index in [0.29, 0.717) is 19.8 Å². The van der Waals surface area contributed by atoms with Crippen LogP contribution >= 0.6 is 11.3 Å². The molecule has 0 unspecified atom stereocenters. The standard InChI is InChI=1S/C13H14N4OS/c1-2-18-7-6-17-13(14-8-16-17)10-4-3-5-11-12(10)19-9-15-11/h3-5,8-9H,2,6-7H2,1H3. The molecule has 0 N–H and O–H groups in total.